The number of nitrogens with one attached hydrogen (secondary N) is 1. The highest BCUT2D eigenvalue weighted by molar-refractivity contribution is 5.77. The lowest BCUT2D eigenvalue weighted by Crippen LogP contribution is -2.47. The number of amides is 1. The minimum Gasteiger partial charge on any atom is -0.507 e. The van der Waals surface area contributed by atoms with Crippen molar-refractivity contribution in [3.05, 3.63) is 52.6 Å². The summed E-state index contributed by atoms with van der Waals surface area (Å²) in [4.78, 5) is 17.7. The summed E-state index contributed by atoms with van der Waals surface area (Å²) in [6.07, 6.45) is 1.33. The van der Waals surface area contributed by atoms with Crippen LogP contribution in [0.3, 0.4) is 0 Å². The molecule has 1 unspecified atom stereocenters. The molecule has 0 saturated carbocycles. The Kier molecular flexibility index (Phi) is 6.57. The van der Waals surface area contributed by atoms with E-state index in [4.69, 9.17) is 4.74 Å². The topological polar surface area (TPSA) is 65.0 Å². The molecule has 2 N–H and O–H groups in total. The molecule has 6 heteroatoms. The Labute approximate surface area is 197 Å². The molecule has 178 valence electrons. The van der Waals surface area contributed by atoms with Crippen molar-refractivity contribution in [3.63, 3.8) is 0 Å². The predicted octanol–water partition coefficient (Wildman–Crippen LogP) is 3.97. The van der Waals surface area contributed by atoms with E-state index in [-0.39, 0.29) is 17.4 Å². The van der Waals surface area contributed by atoms with Gasteiger partial charge in [0.2, 0.25) is 5.91 Å². The predicted molar refractivity (Wildman–Crippen MR) is 132 cm³/mol. The number of ether oxygens (including phenoxy) is 1. The quantitative estimate of drug-likeness (QED) is 0.696. The number of rotatable bonds is 6. The van der Waals surface area contributed by atoms with E-state index in [9.17, 15) is 9.90 Å². The van der Waals surface area contributed by atoms with Gasteiger partial charge in [0, 0.05) is 56.5 Å². The first-order valence-corrected chi connectivity index (χ1v) is 11.9. The molecular weight excluding hydrogens is 414 g/mol. The van der Waals surface area contributed by atoms with Crippen molar-refractivity contribution in [1.82, 2.24) is 10.2 Å². The molecule has 2 aliphatic rings. The third kappa shape index (κ3) is 4.81. The van der Waals surface area contributed by atoms with Crippen LogP contribution < -0.4 is 15.0 Å². The van der Waals surface area contributed by atoms with Gasteiger partial charge in [-0.05, 0) is 54.5 Å². The Balaban J connectivity index is 1.33. The number of hydrogen-bond donors (Lipinski definition) is 2. The number of carbonyl (C=O) groups excluding carboxylic acids is 1. The van der Waals surface area contributed by atoms with E-state index in [2.05, 4.69) is 48.0 Å². The van der Waals surface area contributed by atoms with Crippen LogP contribution in [0.1, 0.15) is 48.6 Å². The molecule has 1 saturated heterocycles. The van der Waals surface area contributed by atoms with Gasteiger partial charge in [-0.2, -0.15) is 0 Å². The largest absolute Gasteiger partial charge is 0.507 e. The van der Waals surface area contributed by atoms with Crippen LogP contribution in [0.2, 0.25) is 0 Å². The number of carbonyl (C=O) groups is 1. The summed E-state index contributed by atoms with van der Waals surface area (Å²) in [6.45, 7) is 12.8. The summed E-state index contributed by atoms with van der Waals surface area (Å²) in [5.41, 5.74) is 5.21. The number of nitrogens with zero attached hydrogens (tertiary/aromatic N) is 2. The summed E-state index contributed by atoms with van der Waals surface area (Å²) in [6, 6.07) is 10.1. The van der Waals surface area contributed by atoms with Crippen LogP contribution in [0.4, 0.5) is 5.69 Å². The van der Waals surface area contributed by atoms with Gasteiger partial charge in [-0.15, -0.1) is 0 Å². The Morgan fingerprint density at radius 2 is 1.88 bits per heavy atom. The Morgan fingerprint density at radius 3 is 2.58 bits per heavy atom. The van der Waals surface area contributed by atoms with Crippen LogP contribution in [0.5, 0.6) is 11.5 Å². The van der Waals surface area contributed by atoms with E-state index in [0.717, 1.165) is 56.0 Å². The first kappa shape index (κ1) is 23.4. The van der Waals surface area contributed by atoms with Crippen molar-refractivity contribution >= 4 is 11.6 Å². The van der Waals surface area contributed by atoms with E-state index >= 15 is 0 Å². The third-order valence-electron chi connectivity index (χ3n) is 7.32. The van der Waals surface area contributed by atoms with Crippen LogP contribution in [-0.4, -0.2) is 55.7 Å². The SMILES string of the molecule is COc1cccc(N2CCN(CCC(=O)NC3c4c(O)c(C)cc(C)c4CC3(C)C)CC2)c1. The number of fused-ring (bicyclic) bond motifs is 1. The van der Waals surface area contributed by atoms with E-state index in [1.807, 2.05) is 25.1 Å². The van der Waals surface area contributed by atoms with Gasteiger partial charge in [-0.3, -0.25) is 9.69 Å². The van der Waals surface area contributed by atoms with Crippen molar-refractivity contribution < 1.29 is 14.6 Å². The Morgan fingerprint density at radius 1 is 1.15 bits per heavy atom. The fraction of sp³-hybridized carbons (Fsp3) is 0.519. The van der Waals surface area contributed by atoms with Gasteiger partial charge in [-0.1, -0.05) is 26.0 Å². The van der Waals surface area contributed by atoms with E-state index in [0.29, 0.717) is 12.2 Å². The fourth-order valence-electron chi connectivity index (χ4n) is 5.34. The standard InChI is InChI=1S/C27H37N3O3/c1-18-15-19(2)25(32)24-22(18)17-27(3,4)26(24)28-23(31)9-10-29-11-13-30(14-12-29)20-7-6-8-21(16-20)33-5/h6-8,15-16,26,32H,9-14,17H2,1-5H3,(H,28,31). The van der Waals surface area contributed by atoms with Gasteiger partial charge >= 0.3 is 0 Å². The molecule has 0 aromatic heterocycles. The number of hydrogen-bond acceptors (Lipinski definition) is 5. The van der Waals surface area contributed by atoms with Crippen LogP contribution in [0.15, 0.2) is 30.3 Å². The lowest BCUT2D eigenvalue weighted by atomic mass is 9.85. The maximum atomic E-state index is 12.9. The highest BCUT2D eigenvalue weighted by atomic mass is 16.5. The van der Waals surface area contributed by atoms with Crippen molar-refractivity contribution in [2.24, 2.45) is 5.41 Å². The maximum Gasteiger partial charge on any atom is 0.221 e. The van der Waals surface area contributed by atoms with Gasteiger partial charge in [-0.25, -0.2) is 0 Å². The normalized spacial score (nSPS) is 19.9. The average Bonchev–Trinajstić information content (AvgIpc) is 3.07. The summed E-state index contributed by atoms with van der Waals surface area (Å²) in [7, 11) is 1.69. The highest BCUT2D eigenvalue weighted by Gasteiger charge is 2.42. The fourth-order valence-corrected chi connectivity index (χ4v) is 5.34. The minimum atomic E-state index is -0.163. The van der Waals surface area contributed by atoms with Crippen LogP contribution in [0.25, 0.3) is 0 Å². The molecule has 1 atom stereocenters. The summed E-state index contributed by atoms with van der Waals surface area (Å²) in [5.74, 6) is 1.26. The first-order chi connectivity index (χ1) is 15.7. The smallest absolute Gasteiger partial charge is 0.221 e. The van der Waals surface area contributed by atoms with Crippen molar-refractivity contribution in [2.75, 3.05) is 44.7 Å². The lowest BCUT2D eigenvalue weighted by molar-refractivity contribution is -0.123. The molecule has 1 aliphatic heterocycles. The second kappa shape index (κ2) is 9.26. The number of piperazine rings is 1. The monoisotopic (exact) mass is 451 g/mol. The second-order valence-electron chi connectivity index (χ2n) is 10.2. The zero-order chi connectivity index (χ0) is 23.8. The molecule has 0 spiro atoms. The van der Waals surface area contributed by atoms with Crippen LogP contribution in [0, 0.1) is 19.3 Å². The van der Waals surface area contributed by atoms with E-state index in [1.165, 1.54) is 16.8 Å². The van der Waals surface area contributed by atoms with Crippen molar-refractivity contribution in [2.45, 2.75) is 46.6 Å². The number of anilines is 1. The van der Waals surface area contributed by atoms with Crippen molar-refractivity contribution in [1.29, 1.82) is 0 Å². The summed E-state index contributed by atoms with van der Waals surface area (Å²) < 4.78 is 5.35. The molecule has 0 bridgehead atoms. The third-order valence-corrected chi connectivity index (χ3v) is 7.32. The molecule has 4 rings (SSSR count). The first-order valence-electron chi connectivity index (χ1n) is 11.9. The van der Waals surface area contributed by atoms with E-state index in [1.54, 1.807) is 7.11 Å². The number of benzene rings is 2. The van der Waals surface area contributed by atoms with Gasteiger partial charge in [0.25, 0.3) is 0 Å². The Hall–Kier alpha value is -2.73. The number of phenolic OH excluding ortho intramolecular Hbond substituents is 1. The van der Waals surface area contributed by atoms with Gasteiger partial charge in [0.1, 0.15) is 11.5 Å². The lowest BCUT2D eigenvalue weighted by Gasteiger charge is -2.36. The number of methoxy groups -OCH3 is 1. The highest BCUT2D eigenvalue weighted by Crippen LogP contribution is 2.50. The molecule has 2 aromatic rings. The molecule has 0 radical (unpaired) electrons. The number of phenols is 1. The molecule has 1 aliphatic carbocycles. The van der Waals surface area contributed by atoms with Gasteiger partial charge < -0.3 is 20.1 Å². The zero-order valence-corrected chi connectivity index (χ0v) is 20.6. The van der Waals surface area contributed by atoms with Gasteiger partial charge in [0.15, 0.2) is 0 Å². The molecule has 1 fully saturated rings. The van der Waals surface area contributed by atoms with Crippen LogP contribution >= 0.6 is 0 Å². The van der Waals surface area contributed by atoms with Crippen molar-refractivity contribution in [3.8, 4) is 11.5 Å². The van der Waals surface area contributed by atoms with E-state index < -0.39 is 0 Å². The Bertz CT molecular complexity index is 1030. The zero-order valence-electron chi connectivity index (χ0n) is 20.6. The maximum absolute atomic E-state index is 12.9. The second-order valence-corrected chi connectivity index (χ2v) is 10.2. The molecule has 1 heterocycles. The molecular formula is C27H37N3O3. The average molecular weight is 452 g/mol. The van der Waals surface area contributed by atoms with Gasteiger partial charge in [0.05, 0.1) is 13.2 Å². The van der Waals surface area contributed by atoms with Crippen LogP contribution in [-0.2, 0) is 11.2 Å². The molecule has 33 heavy (non-hydrogen) atoms. The molecule has 2 aromatic carbocycles. The summed E-state index contributed by atoms with van der Waals surface area (Å²) in [5, 5.41) is 14.0. The molecule has 6 nitrogen and oxygen atoms in total. The number of aromatic hydroxyl groups is 1. The number of aryl methyl sites for hydroxylation is 2. The molecule has 1 amide bonds. The summed E-state index contributed by atoms with van der Waals surface area (Å²) >= 11 is 0. The minimum absolute atomic E-state index is 0.0507.